The maximum atomic E-state index is 11.7. The number of carbonyl (C=O) groups is 2. The van der Waals surface area contributed by atoms with Gasteiger partial charge in [-0.15, -0.1) is 0 Å². The molecule has 0 aliphatic heterocycles. The summed E-state index contributed by atoms with van der Waals surface area (Å²) in [7, 11) is 0. The number of nitrogens with two attached hydrogens (primary N) is 1. The molecule has 4 unspecified atom stereocenters. The number of hydrogen-bond acceptors (Lipinski definition) is 3. The zero-order valence-corrected chi connectivity index (χ0v) is 10.5. The molecule has 1 rings (SSSR count). The van der Waals surface area contributed by atoms with E-state index in [1.165, 1.54) is 0 Å². The highest BCUT2D eigenvalue weighted by Crippen LogP contribution is 2.28. The van der Waals surface area contributed by atoms with E-state index >= 15 is 0 Å². The van der Waals surface area contributed by atoms with E-state index in [1.54, 1.807) is 0 Å². The normalized spacial score (nSPS) is 30.6. The average molecular weight is 242 g/mol. The molecule has 0 aromatic heterocycles. The quantitative estimate of drug-likeness (QED) is 0.677. The molecule has 98 valence electrons. The maximum Gasteiger partial charge on any atom is 0.305 e. The fraction of sp³-hybridized carbons (Fsp3) is 0.833. The first-order chi connectivity index (χ1) is 7.90. The SMILES string of the molecule is CC1CCC(NC(=O)C(N)CC(=O)O)C(C)C1. The lowest BCUT2D eigenvalue weighted by atomic mass is 9.80. The van der Waals surface area contributed by atoms with Crippen molar-refractivity contribution < 1.29 is 14.7 Å². The van der Waals surface area contributed by atoms with Crippen LogP contribution in [-0.4, -0.2) is 29.1 Å². The Labute approximate surface area is 102 Å². The molecule has 4 N–H and O–H groups in total. The zero-order chi connectivity index (χ0) is 13.0. The Hall–Kier alpha value is -1.10. The van der Waals surface area contributed by atoms with Gasteiger partial charge in [-0.1, -0.05) is 13.8 Å². The lowest BCUT2D eigenvalue weighted by molar-refractivity contribution is -0.139. The highest BCUT2D eigenvalue weighted by molar-refractivity contribution is 5.86. The van der Waals surface area contributed by atoms with Gasteiger partial charge in [0.15, 0.2) is 0 Å². The van der Waals surface area contributed by atoms with Crippen LogP contribution in [0.25, 0.3) is 0 Å². The van der Waals surface area contributed by atoms with Crippen LogP contribution in [0.2, 0.25) is 0 Å². The number of carboxylic acid groups (broad SMARTS) is 1. The molecular formula is C12H22N2O3. The highest BCUT2D eigenvalue weighted by atomic mass is 16.4. The average Bonchev–Trinajstić information content (AvgIpc) is 2.21. The van der Waals surface area contributed by atoms with Crippen molar-refractivity contribution in [2.75, 3.05) is 0 Å². The summed E-state index contributed by atoms with van der Waals surface area (Å²) in [6.07, 6.45) is 2.83. The predicted octanol–water partition coefficient (Wildman–Crippen LogP) is 0.729. The van der Waals surface area contributed by atoms with Crippen LogP contribution < -0.4 is 11.1 Å². The predicted molar refractivity (Wildman–Crippen MR) is 64.3 cm³/mol. The molecule has 1 aliphatic carbocycles. The first-order valence-electron chi connectivity index (χ1n) is 6.18. The summed E-state index contributed by atoms with van der Waals surface area (Å²) in [5.41, 5.74) is 5.52. The Kier molecular flexibility index (Phi) is 4.93. The van der Waals surface area contributed by atoms with Crippen LogP contribution in [0.4, 0.5) is 0 Å². The first-order valence-corrected chi connectivity index (χ1v) is 6.18. The Morgan fingerprint density at radius 2 is 2.06 bits per heavy atom. The number of hydrogen-bond donors (Lipinski definition) is 3. The van der Waals surface area contributed by atoms with Crippen LogP contribution in [0.15, 0.2) is 0 Å². The molecule has 1 aliphatic rings. The van der Waals surface area contributed by atoms with Gasteiger partial charge < -0.3 is 16.2 Å². The molecule has 0 saturated heterocycles. The maximum absolute atomic E-state index is 11.7. The van der Waals surface area contributed by atoms with E-state index in [9.17, 15) is 9.59 Å². The third-order valence-corrected chi connectivity index (χ3v) is 3.49. The molecule has 1 amide bonds. The number of aliphatic carboxylic acids is 1. The molecule has 17 heavy (non-hydrogen) atoms. The summed E-state index contributed by atoms with van der Waals surface area (Å²) in [6, 6.07) is -0.808. The van der Waals surface area contributed by atoms with Gasteiger partial charge in [-0.05, 0) is 31.1 Å². The van der Waals surface area contributed by atoms with Crippen molar-refractivity contribution in [3.63, 3.8) is 0 Å². The summed E-state index contributed by atoms with van der Waals surface area (Å²) in [6.45, 7) is 4.33. The van der Waals surface area contributed by atoms with E-state index in [4.69, 9.17) is 10.8 Å². The third-order valence-electron chi connectivity index (χ3n) is 3.49. The van der Waals surface area contributed by atoms with Gasteiger partial charge >= 0.3 is 5.97 Å². The van der Waals surface area contributed by atoms with Gasteiger partial charge in [0.25, 0.3) is 0 Å². The van der Waals surface area contributed by atoms with Crippen molar-refractivity contribution in [1.29, 1.82) is 0 Å². The molecule has 1 fully saturated rings. The van der Waals surface area contributed by atoms with E-state index in [2.05, 4.69) is 19.2 Å². The lowest BCUT2D eigenvalue weighted by Crippen LogP contribution is -2.49. The fourth-order valence-electron chi connectivity index (χ4n) is 2.45. The molecule has 5 heteroatoms. The third kappa shape index (κ3) is 4.34. The van der Waals surface area contributed by atoms with Gasteiger partial charge in [0, 0.05) is 6.04 Å². The van der Waals surface area contributed by atoms with Crippen LogP contribution in [0.5, 0.6) is 0 Å². The molecular weight excluding hydrogens is 220 g/mol. The minimum absolute atomic E-state index is 0.138. The standard InChI is InChI=1S/C12H22N2O3/c1-7-3-4-10(8(2)5-7)14-12(17)9(13)6-11(15)16/h7-10H,3-6,13H2,1-2H3,(H,14,17)(H,15,16). The summed E-state index contributed by atoms with van der Waals surface area (Å²) in [5.74, 6) is -0.262. The number of amides is 1. The second-order valence-corrected chi connectivity index (χ2v) is 5.21. The summed E-state index contributed by atoms with van der Waals surface area (Å²) < 4.78 is 0. The van der Waals surface area contributed by atoms with Crippen molar-refractivity contribution in [3.05, 3.63) is 0 Å². The van der Waals surface area contributed by atoms with Crippen LogP contribution in [0.1, 0.15) is 39.5 Å². The van der Waals surface area contributed by atoms with Gasteiger partial charge in [0.1, 0.15) is 0 Å². The first kappa shape index (κ1) is 14.0. The van der Waals surface area contributed by atoms with Crippen molar-refractivity contribution in [3.8, 4) is 0 Å². The van der Waals surface area contributed by atoms with E-state index < -0.39 is 12.0 Å². The lowest BCUT2D eigenvalue weighted by Gasteiger charge is -2.33. The number of nitrogens with one attached hydrogen (secondary N) is 1. The van der Waals surface area contributed by atoms with E-state index in [-0.39, 0.29) is 18.4 Å². The topological polar surface area (TPSA) is 92.4 Å². The van der Waals surface area contributed by atoms with Crippen LogP contribution >= 0.6 is 0 Å². The fourth-order valence-corrected chi connectivity index (χ4v) is 2.45. The van der Waals surface area contributed by atoms with Gasteiger partial charge in [-0.3, -0.25) is 9.59 Å². The molecule has 0 bridgehead atoms. The number of rotatable bonds is 4. The molecule has 0 aromatic carbocycles. The second kappa shape index (κ2) is 6.00. The number of carboxylic acids is 1. The van der Waals surface area contributed by atoms with E-state index in [1.807, 2.05) is 0 Å². The van der Waals surface area contributed by atoms with E-state index in [0.29, 0.717) is 11.8 Å². The van der Waals surface area contributed by atoms with Gasteiger partial charge in [-0.25, -0.2) is 0 Å². The van der Waals surface area contributed by atoms with Crippen molar-refractivity contribution in [2.24, 2.45) is 17.6 Å². The van der Waals surface area contributed by atoms with Crippen molar-refractivity contribution >= 4 is 11.9 Å². The largest absolute Gasteiger partial charge is 0.481 e. The minimum atomic E-state index is -1.04. The molecule has 0 aromatic rings. The molecule has 0 radical (unpaired) electrons. The van der Waals surface area contributed by atoms with Gasteiger partial charge in [0.05, 0.1) is 12.5 Å². The molecule has 1 saturated carbocycles. The Bertz CT molecular complexity index is 293. The summed E-state index contributed by atoms with van der Waals surface area (Å²) in [5, 5.41) is 11.4. The summed E-state index contributed by atoms with van der Waals surface area (Å²) in [4.78, 5) is 22.1. The van der Waals surface area contributed by atoms with Crippen LogP contribution in [0, 0.1) is 11.8 Å². The Morgan fingerprint density at radius 1 is 1.41 bits per heavy atom. The Balaban J connectivity index is 2.42. The molecule has 0 heterocycles. The Morgan fingerprint density at radius 3 is 2.59 bits per heavy atom. The van der Waals surface area contributed by atoms with Gasteiger partial charge in [-0.2, -0.15) is 0 Å². The van der Waals surface area contributed by atoms with E-state index in [0.717, 1.165) is 19.3 Å². The van der Waals surface area contributed by atoms with Gasteiger partial charge in [0.2, 0.25) is 5.91 Å². The molecule has 5 nitrogen and oxygen atoms in total. The van der Waals surface area contributed by atoms with Crippen molar-refractivity contribution in [2.45, 2.75) is 51.6 Å². The smallest absolute Gasteiger partial charge is 0.305 e. The minimum Gasteiger partial charge on any atom is -0.481 e. The van der Waals surface area contributed by atoms with Crippen molar-refractivity contribution in [1.82, 2.24) is 5.32 Å². The highest BCUT2D eigenvalue weighted by Gasteiger charge is 2.28. The second-order valence-electron chi connectivity index (χ2n) is 5.21. The monoisotopic (exact) mass is 242 g/mol. The zero-order valence-electron chi connectivity index (χ0n) is 10.5. The van der Waals surface area contributed by atoms with Crippen LogP contribution in [-0.2, 0) is 9.59 Å². The molecule has 0 spiro atoms. The van der Waals surface area contributed by atoms with Crippen LogP contribution in [0.3, 0.4) is 0 Å². The number of carbonyl (C=O) groups excluding carboxylic acids is 1. The summed E-state index contributed by atoms with van der Waals surface area (Å²) >= 11 is 0. The molecule has 4 atom stereocenters.